The SMILES string of the molecule is CC[C@H](C)c1ccccc1NC(=O)COC(=O)/C=C/c1ccccc1C. The lowest BCUT2D eigenvalue weighted by Gasteiger charge is -2.15. The van der Waals surface area contributed by atoms with E-state index in [0.717, 1.165) is 28.8 Å². The van der Waals surface area contributed by atoms with E-state index in [1.807, 2.05) is 55.5 Å². The first-order valence-corrected chi connectivity index (χ1v) is 8.80. The minimum Gasteiger partial charge on any atom is -0.452 e. The molecule has 136 valence electrons. The highest BCUT2D eigenvalue weighted by atomic mass is 16.5. The number of carbonyl (C=O) groups is 2. The van der Waals surface area contributed by atoms with E-state index >= 15 is 0 Å². The molecular formula is C22H25NO3. The highest BCUT2D eigenvalue weighted by Crippen LogP contribution is 2.26. The van der Waals surface area contributed by atoms with Crippen molar-refractivity contribution in [2.75, 3.05) is 11.9 Å². The van der Waals surface area contributed by atoms with Crippen LogP contribution in [0.2, 0.25) is 0 Å². The average molecular weight is 351 g/mol. The fourth-order valence-electron chi connectivity index (χ4n) is 2.56. The van der Waals surface area contributed by atoms with Crippen molar-refractivity contribution < 1.29 is 14.3 Å². The fraction of sp³-hybridized carbons (Fsp3) is 0.273. The third-order valence-corrected chi connectivity index (χ3v) is 4.31. The van der Waals surface area contributed by atoms with Crippen molar-refractivity contribution in [2.24, 2.45) is 0 Å². The molecule has 1 N–H and O–H groups in total. The summed E-state index contributed by atoms with van der Waals surface area (Å²) in [5.74, 6) is -0.553. The number of aryl methyl sites for hydroxylation is 1. The second-order valence-corrected chi connectivity index (χ2v) is 6.24. The van der Waals surface area contributed by atoms with Gasteiger partial charge in [-0.25, -0.2) is 4.79 Å². The minimum atomic E-state index is -0.543. The van der Waals surface area contributed by atoms with Gasteiger partial charge in [0.15, 0.2) is 6.61 Å². The smallest absolute Gasteiger partial charge is 0.331 e. The number of esters is 1. The molecular weight excluding hydrogens is 326 g/mol. The van der Waals surface area contributed by atoms with Crippen molar-refractivity contribution in [3.05, 3.63) is 71.3 Å². The molecule has 0 spiro atoms. The van der Waals surface area contributed by atoms with Crippen LogP contribution in [-0.4, -0.2) is 18.5 Å². The van der Waals surface area contributed by atoms with Gasteiger partial charge in [0.05, 0.1) is 0 Å². The van der Waals surface area contributed by atoms with Crippen LogP contribution in [0, 0.1) is 6.92 Å². The molecule has 0 fully saturated rings. The lowest BCUT2D eigenvalue weighted by atomic mass is 9.97. The lowest BCUT2D eigenvalue weighted by molar-refractivity contribution is -0.142. The van der Waals surface area contributed by atoms with Crippen molar-refractivity contribution in [3.63, 3.8) is 0 Å². The van der Waals surface area contributed by atoms with Gasteiger partial charge in [0, 0.05) is 11.8 Å². The molecule has 4 nitrogen and oxygen atoms in total. The fourth-order valence-corrected chi connectivity index (χ4v) is 2.56. The predicted molar refractivity (Wildman–Crippen MR) is 105 cm³/mol. The number of rotatable bonds is 7. The van der Waals surface area contributed by atoms with Crippen LogP contribution >= 0.6 is 0 Å². The first kappa shape index (κ1) is 19.4. The van der Waals surface area contributed by atoms with Gasteiger partial charge in [-0.05, 0) is 48.1 Å². The standard InChI is InChI=1S/C22H25NO3/c1-4-16(2)19-11-7-8-12-20(19)23-21(24)15-26-22(25)14-13-18-10-6-5-9-17(18)3/h5-14,16H,4,15H2,1-3H3,(H,23,24)/b14-13+/t16-/m0/s1. The number of benzene rings is 2. The molecule has 2 rings (SSSR count). The van der Waals surface area contributed by atoms with Gasteiger partial charge in [0.1, 0.15) is 0 Å². The van der Waals surface area contributed by atoms with E-state index < -0.39 is 5.97 Å². The number of nitrogens with one attached hydrogen (secondary N) is 1. The quantitative estimate of drug-likeness (QED) is 0.581. The Bertz CT molecular complexity index is 795. The number of hydrogen-bond acceptors (Lipinski definition) is 3. The Kier molecular flexibility index (Phi) is 7.15. The van der Waals surface area contributed by atoms with Crippen LogP contribution in [-0.2, 0) is 14.3 Å². The zero-order valence-electron chi connectivity index (χ0n) is 15.5. The summed E-state index contributed by atoms with van der Waals surface area (Å²) in [4.78, 5) is 23.9. The van der Waals surface area contributed by atoms with E-state index in [1.54, 1.807) is 6.08 Å². The summed E-state index contributed by atoms with van der Waals surface area (Å²) in [7, 11) is 0. The van der Waals surface area contributed by atoms with Crippen LogP contribution in [0.1, 0.15) is 42.9 Å². The maximum atomic E-state index is 12.1. The summed E-state index contributed by atoms with van der Waals surface area (Å²) in [6.07, 6.45) is 4.00. The molecule has 4 heteroatoms. The molecule has 26 heavy (non-hydrogen) atoms. The maximum absolute atomic E-state index is 12.1. The van der Waals surface area contributed by atoms with Crippen LogP contribution in [0.15, 0.2) is 54.6 Å². The van der Waals surface area contributed by atoms with Gasteiger partial charge >= 0.3 is 5.97 Å². The minimum absolute atomic E-state index is 0.314. The molecule has 0 saturated heterocycles. The van der Waals surface area contributed by atoms with Crippen LogP contribution in [0.25, 0.3) is 6.08 Å². The number of hydrogen-bond donors (Lipinski definition) is 1. The molecule has 0 aromatic heterocycles. The first-order chi connectivity index (χ1) is 12.5. The Labute approximate surface area is 154 Å². The molecule has 0 unspecified atom stereocenters. The van der Waals surface area contributed by atoms with E-state index in [4.69, 9.17) is 4.74 Å². The molecule has 1 atom stereocenters. The van der Waals surface area contributed by atoms with Gasteiger partial charge in [0.2, 0.25) is 0 Å². The largest absolute Gasteiger partial charge is 0.452 e. The second-order valence-electron chi connectivity index (χ2n) is 6.24. The zero-order valence-corrected chi connectivity index (χ0v) is 15.5. The monoisotopic (exact) mass is 351 g/mol. The van der Waals surface area contributed by atoms with Gasteiger partial charge in [-0.1, -0.05) is 56.3 Å². The Morgan fingerprint density at radius 3 is 2.54 bits per heavy atom. The number of carbonyl (C=O) groups excluding carboxylic acids is 2. The normalized spacial score (nSPS) is 12.0. The predicted octanol–water partition coefficient (Wildman–Crippen LogP) is 4.70. The molecule has 1 amide bonds. The number of ether oxygens (including phenoxy) is 1. The zero-order chi connectivity index (χ0) is 18.9. The molecule has 2 aromatic carbocycles. The summed E-state index contributed by atoms with van der Waals surface area (Å²) >= 11 is 0. The van der Waals surface area contributed by atoms with Crippen molar-refractivity contribution >= 4 is 23.6 Å². The Balaban J connectivity index is 1.89. The van der Waals surface area contributed by atoms with E-state index in [2.05, 4.69) is 19.2 Å². The first-order valence-electron chi connectivity index (χ1n) is 8.80. The van der Waals surface area contributed by atoms with E-state index in [0.29, 0.717) is 5.92 Å². The molecule has 0 saturated carbocycles. The number of para-hydroxylation sites is 1. The topological polar surface area (TPSA) is 55.4 Å². The van der Waals surface area contributed by atoms with Crippen LogP contribution in [0.5, 0.6) is 0 Å². The van der Waals surface area contributed by atoms with Gasteiger partial charge in [-0.15, -0.1) is 0 Å². The van der Waals surface area contributed by atoms with E-state index in [-0.39, 0.29) is 12.5 Å². The maximum Gasteiger partial charge on any atom is 0.331 e. The van der Waals surface area contributed by atoms with E-state index in [1.165, 1.54) is 6.08 Å². The molecule has 0 aliphatic heterocycles. The van der Waals surface area contributed by atoms with Crippen molar-refractivity contribution in [2.45, 2.75) is 33.1 Å². The summed E-state index contributed by atoms with van der Waals surface area (Å²) in [5, 5.41) is 2.82. The highest BCUT2D eigenvalue weighted by Gasteiger charge is 2.12. The Morgan fingerprint density at radius 1 is 1.12 bits per heavy atom. The summed E-state index contributed by atoms with van der Waals surface area (Å²) in [6.45, 7) is 5.87. The molecule has 0 aliphatic rings. The number of anilines is 1. The summed E-state index contributed by atoms with van der Waals surface area (Å²) < 4.78 is 5.03. The van der Waals surface area contributed by atoms with Crippen LogP contribution in [0.3, 0.4) is 0 Å². The third-order valence-electron chi connectivity index (χ3n) is 4.31. The van der Waals surface area contributed by atoms with Gasteiger partial charge in [-0.3, -0.25) is 4.79 Å². The van der Waals surface area contributed by atoms with Gasteiger partial charge in [-0.2, -0.15) is 0 Å². The van der Waals surface area contributed by atoms with Crippen molar-refractivity contribution in [1.29, 1.82) is 0 Å². The third kappa shape index (κ3) is 5.59. The Hall–Kier alpha value is -2.88. The van der Waals surface area contributed by atoms with Crippen molar-refractivity contribution in [3.8, 4) is 0 Å². The van der Waals surface area contributed by atoms with Gasteiger partial charge < -0.3 is 10.1 Å². The molecule has 0 bridgehead atoms. The van der Waals surface area contributed by atoms with E-state index in [9.17, 15) is 9.59 Å². The average Bonchev–Trinajstić information content (AvgIpc) is 2.65. The molecule has 2 aromatic rings. The molecule has 0 aliphatic carbocycles. The van der Waals surface area contributed by atoms with Gasteiger partial charge in [0.25, 0.3) is 5.91 Å². The Morgan fingerprint density at radius 2 is 1.81 bits per heavy atom. The number of amides is 1. The van der Waals surface area contributed by atoms with Crippen molar-refractivity contribution in [1.82, 2.24) is 0 Å². The molecule has 0 heterocycles. The summed E-state index contributed by atoms with van der Waals surface area (Å²) in [6, 6.07) is 15.4. The van der Waals surface area contributed by atoms with Crippen LogP contribution < -0.4 is 5.32 Å². The summed E-state index contributed by atoms with van der Waals surface area (Å²) in [5.41, 5.74) is 3.85. The second kappa shape index (κ2) is 9.56. The lowest BCUT2D eigenvalue weighted by Crippen LogP contribution is -2.21. The molecule has 0 radical (unpaired) electrons. The van der Waals surface area contributed by atoms with Crippen LogP contribution in [0.4, 0.5) is 5.69 Å². The highest BCUT2D eigenvalue weighted by molar-refractivity contribution is 5.95.